The molecule has 0 unspecified atom stereocenters. The van der Waals surface area contributed by atoms with Gasteiger partial charge < -0.3 is 10.6 Å². The summed E-state index contributed by atoms with van der Waals surface area (Å²) in [7, 11) is 0. The van der Waals surface area contributed by atoms with Crippen molar-refractivity contribution in [1.82, 2.24) is 5.32 Å². The van der Waals surface area contributed by atoms with Gasteiger partial charge in [0.15, 0.2) is 0 Å². The second kappa shape index (κ2) is 7.77. The molecule has 0 radical (unpaired) electrons. The predicted molar refractivity (Wildman–Crippen MR) is 88.6 cm³/mol. The number of urea groups is 1. The molecular weight excluding hydrogens is 364 g/mol. The van der Waals surface area contributed by atoms with E-state index < -0.39 is 22.8 Å². The number of carbonyl (C=O) groups excluding carboxylic acids is 1. The maximum Gasteiger partial charge on any atom is 0.417 e. The summed E-state index contributed by atoms with van der Waals surface area (Å²) in [6.07, 6.45) is -4.09. The molecule has 3 nitrogen and oxygen atoms in total. The smallest absolute Gasteiger partial charge is 0.338 e. The van der Waals surface area contributed by atoms with Crippen LogP contribution >= 0.6 is 23.2 Å². The Morgan fingerprint density at radius 2 is 1.75 bits per heavy atom. The van der Waals surface area contributed by atoms with Crippen molar-refractivity contribution in [3.05, 3.63) is 63.6 Å². The van der Waals surface area contributed by atoms with Crippen LogP contribution in [0.2, 0.25) is 10.0 Å². The molecule has 2 N–H and O–H groups in total. The maximum absolute atomic E-state index is 12.8. The lowest BCUT2D eigenvalue weighted by molar-refractivity contribution is -0.137. The van der Waals surface area contributed by atoms with E-state index in [0.717, 1.165) is 17.7 Å². The molecule has 0 aliphatic carbocycles. The van der Waals surface area contributed by atoms with Gasteiger partial charge >= 0.3 is 12.2 Å². The molecule has 0 bridgehead atoms. The van der Waals surface area contributed by atoms with Crippen LogP contribution in [0.15, 0.2) is 42.5 Å². The zero-order valence-electron chi connectivity index (χ0n) is 12.3. The first-order chi connectivity index (χ1) is 11.3. The molecule has 0 atom stereocenters. The number of benzene rings is 2. The van der Waals surface area contributed by atoms with Crippen LogP contribution in [-0.4, -0.2) is 12.6 Å². The first kappa shape index (κ1) is 18.4. The van der Waals surface area contributed by atoms with Crippen molar-refractivity contribution in [3.63, 3.8) is 0 Å². The first-order valence-electron chi connectivity index (χ1n) is 6.92. The fourth-order valence-corrected chi connectivity index (χ4v) is 2.46. The number of halogens is 5. The predicted octanol–water partition coefficient (Wildman–Crippen LogP) is 5.38. The summed E-state index contributed by atoms with van der Waals surface area (Å²) in [5.74, 6) is 0. The minimum absolute atomic E-state index is 0.00182. The lowest BCUT2D eigenvalue weighted by atomic mass is 10.1. The van der Waals surface area contributed by atoms with E-state index in [1.54, 1.807) is 12.1 Å². The number of amides is 2. The van der Waals surface area contributed by atoms with Gasteiger partial charge in [-0.2, -0.15) is 13.2 Å². The van der Waals surface area contributed by atoms with Gasteiger partial charge in [-0.15, -0.1) is 0 Å². The van der Waals surface area contributed by atoms with Crippen LogP contribution in [0.1, 0.15) is 11.1 Å². The zero-order chi connectivity index (χ0) is 17.7. The molecule has 0 aliphatic rings. The second-order valence-corrected chi connectivity index (χ2v) is 5.73. The van der Waals surface area contributed by atoms with Crippen molar-refractivity contribution in [2.24, 2.45) is 0 Å². The van der Waals surface area contributed by atoms with E-state index in [0.29, 0.717) is 11.4 Å². The normalized spacial score (nSPS) is 11.2. The molecule has 2 aromatic carbocycles. The van der Waals surface area contributed by atoms with Crippen molar-refractivity contribution < 1.29 is 18.0 Å². The summed E-state index contributed by atoms with van der Waals surface area (Å²) < 4.78 is 38.3. The molecule has 2 aromatic rings. The molecule has 128 valence electrons. The fraction of sp³-hybridized carbons (Fsp3) is 0.188. The molecule has 0 aromatic heterocycles. The molecule has 2 rings (SSSR count). The molecule has 0 spiro atoms. The highest BCUT2D eigenvalue weighted by Crippen LogP contribution is 2.36. The van der Waals surface area contributed by atoms with E-state index in [1.165, 1.54) is 6.07 Å². The Morgan fingerprint density at radius 3 is 2.42 bits per heavy atom. The quantitative estimate of drug-likeness (QED) is 0.739. The Kier molecular flexibility index (Phi) is 5.96. The van der Waals surface area contributed by atoms with Crippen LogP contribution in [0.3, 0.4) is 0 Å². The van der Waals surface area contributed by atoms with E-state index in [4.69, 9.17) is 23.2 Å². The van der Waals surface area contributed by atoms with Gasteiger partial charge in [0.05, 0.1) is 10.6 Å². The van der Waals surface area contributed by atoms with E-state index in [-0.39, 0.29) is 12.2 Å². The first-order valence-corrected chi connectivity index (χ1v) is 7.68. The highest BCUT2D eigenvalue weighted by molar-refractivity contribution is 6.31. The maximum atomic E-state index is 12.8. The van der Waals surface area contributed by atoms with Gasteiger partial charge in [0.25, 0.3) is 0 Å². The molecule has 0 fully saturated rings. The van der Waals surface area contributed by atoms with Crippen molar-refractivity contribution in [1.29, 1.82) is 0 Å². The number of anilines is 1. The highest BCUT2D eigenvalue weighted by atomic mass is 35.5. The third-order valence-corrected chi connectivity index (χ3v) is 3.87. The summed E-state index contributed by atoms with van der Waals surface area (Å²) in [6.45, 7) is 0.287. The summed E-state index contributed by atoms with van der Waals surface area (Å²) >= 11 is 11.5. The number of rotatable bonds is 4. The van der Waals surface area contributed by atoms with Crippen molar-refractivity contribution in [2.45, 2.75) is 12.6 Å². The van der Waals surface area contributed by atoms with Gasteiger partial charge in [0.1, 0.15) is 0 Å². The Labute approximate surface area is 146 Å². The third kappa shape index (κ3) is 5.04. The van der Waals surface area contributed by atoms with E-state index >= 15 is 0 Å². The van der Waals surface area contributed by atoms with Crippen LogP contribution < -0.4 is 10.6 Å². The van der Waals surface area contributed by atoms with Gasteiger partial charge in [0.2, 0.25) is 0 Å². The minimum atomic E-state index is -4.59. The minimum Gasteiger partial charge on any atom is -0.338 e. The highest BCUT2D eigenvalue weighted by Gasteiger charge is 2.33. The third-order valence-electron chi connectivity index (χ3n) is 3.17. The van der Waals surface area contributed by atoms with Crippen LogP contribution in [-0.2, 0) is 12.6 Å². The lowest BCUT2D eigenvalue weighted by Gasteiger charge is -2.12. The Balaban J connectivity index is 1.92. The standard InChI is InChI=1S/C16H13Cl2F3N2O/c17-13-4-2-1-3-10(13)7-8-22-15(24)23-11-5-6-14(18)12(9-11)16(19,20)21/h1-6,9H,7-8H2,(H2,22,23,24). The molecule has 2 amide bonds. The van der Waals surface area contributed by atoms with Crippen LogP contribution in [0.4, 0.5) is 23.7 Å². The van der Waals surface area contributed by atoms with Crippen molar-refractivity contribution in [2.75, 3.05) is 11.9 Å². The van der Waals surface area contributed by atoms with Crippen LogP contribution in [0.25, 0.3) is 0 Å². The summed E-state index contributed by atoms with van der Waals surface area (Å²) in [6, 6.07) is 9.75. The Hall–Kier alpha value is -1.92. The lowest BCUT2D eigenvalue weighted by Crippen LogP contribution is -2.30. The van der Waals surface area contributed by atoms with Gasteiger partial charge in [-0.3, -0.25) is 0 Å². The van der Waals surface area contributed by atoms with Crippen molar-refractivity contribution in [3.8, 4) is 0 Å². The number of nitrogens with one attached hydrogen (secondary N) is 2. The van der Waals surface area contributed by atoms with E-state index in [9.17, 15) is 18.0 Å². The number of alkyl halides is 3. The Bertz CT molecular complexity index is 736. The Morgan fingerprint density at radius 1 is 1.04 bits per heavy atom. The molecule has 24 heavy (non-hydrogen) atoms. The largest absolute Gasteiger partial charge is 0.417 e. The van der Waals surface area contributed by atoms with E-state index in [2.05, 4.69) is 10.6 Å². The molecule has 8 heteroatoms. The fourth-order valence-electron chi connectivity index (χ4n) is 2.01. The topological polar surface area (TPSA) is 41.1 Å². The average Bonchev–Trinajstić information content (AvgIpc) is 2.50. The number of hydrogen-bond acceptors (Lipinski definition) is 1. The number of carbonyl (C=O) groups is 1. The summed E-state index contributed by atoms with van der Waals surface area (Å²) in [5.41, 5.74) is -0.134. The second-order valence-electron chi connectivity index (χ2n) is 4.91. The van der Waals surface area contributed by atoms with Gasteiger partial charge in [0, 0.05) is 17.3 Å². The van der Waals surface area contributed by atoms with Crippen LogP contribution in [0.5, 0.6) is 0 Å². The van der Waals surface area contributed by atoms with Gasteiger partial charge in [-0.25, -0.2) is 4.79 Å². The monoisotopic (exact) mass is 376 g/mol. The molecule has 0 heterocycles. The SMILES string of the molecule is O=C(NCCc1ccccc1Cl)Nc1ccc(Cl)c(C(F)(F)F)c1. The molecular formula is C16H13Cl2F3N2O. The number of hydrogen-bond donors (Lipinski definition) is 2. The van der Waals surface area contributed by atoms with E-state index in [1.807, 2.05) is 12.1 Å². The van der Waals surface area contributed by atoms with Crippen molar-refractivity contribution >= 4 is 34.9 Å². The summed E-state index contributed by atoms with van der Waals surface area (Å²) in [4.78, 5) is 11.8. The summed E-state index contributed by atoms with van der Waals surface area (Å²) in [5, 5.41) is 5.06. The van der Waals surface area contributed by atoms with Crippen LogP contribution in [0, 0.1) is 0 Å². The molecule has 0 saturated carbocycles. The zero-order valence-corrected chi connectivity index (χ0v) is 13.8. The van der Waals surface area contributed by atoms with Gasteiger partial charge in [-0.1, -0.05) is 41.4 Å². The van der Waals surface area contributed by atoms with Gasteiger partial charge in [-0.05, 0) is 36.2 Å². The molecule has 0 saturated heterocycles. The molecule has 0 aliphatic heterocycles. The average molecular weight is 377 g/mol.